The second-order valence-electron chi connectivity index (χ2n) is 9.18. The Hall–Kier alpha value is -2.80. The summed E-state index contributed by atoms with van der Waals surface area (Å²) < 4.78 is 0. The third-order valence-corrected chi connectivity index (χ3v) is 7.89. The van der Waals surface area contributed by atoms with Crippen LogP contribution in [0.15, 0.2) is 41.3 Å². The van der Waals surface area contributed by atoms with Crippen LogP contribution < -0.4 is 10.2 Å². The fourth-order valence-electron chi connectivity index (χ4n) is 5.36. The van der Waals surface area contributed by atoms with Crippen LogP contribution >= 0.6 is 11.8 Å². The number of aromatic amines is 1. The molecule has 2 N–H and O–H groups in total. The van der Waals surface area contributed by atoms with Crippen molar-refractivity contribution in [2.75, 3.05) is 17.2 Å². The maximum Gasteiger partial charge on any atom is 0.322 e. The molecule has 2 amide bonds. The third-order valence-electron chi connectivity index (χ3n) is 7.00. The second kappa shape index (κ2) is 8.86. The maximum absolute atomic E-state index is 13.3. The number of amides is 2. The summed E-state index contributed by atoms with van der Waals surface area (Å²) in [5.74, 6) is 1.06. The zero-order chi connectivity index (χ0) is 23.0. The number of aryl methyl sites for hydroxylation is 2. The van der Waals surface area contributed by atoms with Gasteiger partial charge in [0.1, 0.15) is 0 Å². The van der Waals surface area contributed by atoms with Gasteiger partial charge in [0.2, 0.25) is 0 Å². The molecule has 3 heterocycles. The van der Waals surface area contributed by atoms with E-state index in [4.69, 9.17) is 4.98 Å². The van der Waals surface area contributed by atoms with Gasteiger partial charge in [-0.2, -0.15) is 5.10 Å². The number of pyridine rings is 1. The lowest BCUT2D eigenvalue weighted by Gasteiger charge is -2.24. The summed E-state index contributed by atoms with van der Waals surface area (Å²) in [5.41, 5.74) is 7.09. The number of carbonyl (C=O) groups is 1. The van der Waals surface area contributed by atoms with Gasteiger partial charge in [0.25, 0.3) is 0 Å². The quantitative estimate of drug-likeness (QED) is 0.475. The average Bonchev–Trinajstić information content (AvgIpc) is 3.52. The fourth-order valence-corrected chi connectivity index (χ4v) is 6.02. The standard InChI is InChI=1S/C26H31N5OS/c1-4-33-20-9-7-19(8-10-20)15-27-25(32)31-16-26(13-5-6-14-26)24-22(31)12-11-21(28-24)23-17(2)29-30-18(23)3/h7-12H,4-6,13-16H2,1-3H3,(H,27,32)(H,29,30). The molecule has 1 aromatic carbocycles. The van der Waals surface area contributed by atoms with Gasteiger partial charge < -0.3 is 5.32 Å². The molecule has 6 nitrogen and oxygen atoms in total. The first-order valence-electron chi connectivity index (χ1n) is 11.8. The number of anilines is 1. The van der Waals surface area contributed by atoms with Gasteiger partial charge in [-0.15, -0.1) is 11.8 Å². The number of hydrogen-bond acceptors (Lipinski definition) is 4. The molecule has 3 aromatic rings. The van der Waals surface area contributed by atoms with E-state index < -0.39 is 0 Å². The van der Waals surface area contributed by atoms with Gasteiger partial charge in [-0.05, 0) is 62.3 Å². The minimum Gasteiger partial charge on any atom is -0.334 e. The molecule has 172 valence electrons. The molecule has 0 atom stereocenters. The monoisotopic (exact) mass is 461 g/mol. The Morgan fingerprint density at radius 2 is 1.91 bits per heavy atom. The second-order valence-corrected chi connectivity index (χ2v) is 10.5. The van der Waals surface area contributed by atoms with Gasteiger partial charge in [-0.25, -0.2) is 9.78 Å². The predicted octanol–water partition coefficient (Wildman–Crippen LogP) is 5.74. The van der Waals surface area contributed by atoms with Crippen LogP contribution in [-0.4, -0.2) is 33.5 Å². The first kappa shape index (κ1) is 22.0. The largest absolute Gasteiger partial charge is 0.334 e. The van der Waals surface area contributed by atoms with Crippen molar-refractivity contribution in [1.29, 1.82) is 0 Å². The number of fused-ring (bicyclic) bond motifs is 2. The number of H-pyrrole nitrogens is 1. The lowest BCUT2D eigenvalue weighted by Crippen LogP contribution is -2.41. The minimum absolute atomic E-state index is 0.0345. The van der Waals surface area contributed by atoms with E-state index in [1.54, 1.807) is 0 Å². The van der Waals surface area contributed by atoms with Gasteiger partial charge >= 0.3 is 6.03 Å². The molecule has 1 spiro atoms. The van der Waals surface area contributed by atoms with Crippen LogP contribution in [0.2, 0.25) is 0 Å². The van der Waals surface area contributed by atoms with E-state index >= 15 is 0 Å². The highest BCUT2D eigenvalue weighted by molar-refractivity contribution is 7.99. The fraction of sp³-hybridized carbons (Fsp3) is 0.423. The van der Waals surface area contributed by atoms with Crippen molar-refractivity contribution in [3.63, 3.8) is 0 Å². The maximum atomic E-state index is 13.3. The highest BCUT2D eigenvalue weighted by Gasteiger charge is 2.47. The SMILES string of the molecule is CCSc1ccc(CNC(=O)N2CC3(CCCC3)c3nc(-c4c(C)n[nH]c4C)ccc32)cc1. The molecule has 0 bridgehead atoms. The van der Waals surface area contributed by atoms with Crippen LogP contribution in [0, 0.1) is 13.8 Å². The Bertz CT molecular complexity index is 1140. The number of benzene rings is 1. The zero-order valence-corrected chi connectivity index (χ0v) is 20.4. The molecule has 0 radical (unpaired) electrons. The minimum atomic E-state index is -0.0442. The molecule has 2 aliphatic rings. The molecule has 0 unspecified atom stereocenters. The molecule has 1 saturated carbocycles. The number of thioether (sulfide) groups is 1. The summed E-state index contributed by atoms with van der Waals surface area (Å²) in [7, 11) is 0. The number of nitrogens with one attached hydrogen (secondary N) is 2. The predicted molar refractivity (Wildman–Crippen MR) is 134 cm³/mol. The van der Waals surface area contributed by atoms with Gasteiger partial charge in [0.05, 0.1) is 22.8 Å². The van der Waals surface area contributed by atoms with Crippen LogP contribution in [0.4, 0.5) is 10.5 Å². The number of aromatic nitrogens is 3. The number of urea groups is 1. The Kier molecular flexibility index (Phi) is 5.91. The molecule has 1 fully saturated rings. The van der Waals surface area contributed by atoms with E-state index in [0.29, 0.717) is 13.1 Å². The van der Waals surface area contributed by atoms with E-state index in [1.165, 1.54) is 17.7 Å². The molecule has 1 aliphatic carbocycles. The van der Waals surface area contributed by atoms with E-state index in [1.807, 2.05) is 36.6 Å². The molecular weight excluding hydrogens is 430 g/mol. The lowest BCUT2D eigenvalue weighted by atomic mass is 9.84. The smallest absolute Gasteiger partial charge is 0.322 e. The molecule has 5 rings (SSSR count). The van der Waals surface area contributed by atoms with Gasteiger partial charge in [-0.3, -0.25) is 10.00 Å². The first-order chi connectivity index (χ1) is 16.0. The van der Waals surface area contributed by atoms with Crippen LogP contribution in [0.25, 0.3) is 11.3 Å². The van der Waals surface area contributed by atoms with Crippen LogP contribution in [0.3, 0.4) is 0 Å². The lowest BCUT2D eigenvalue weighted by molar-refractivity contribution is 0.245. The summed E-state index contributed by atoms with van der Waals surface area (Å²) in [6.45, 7) is 7.42. The summed E-state index contributed by atoms with van der Waals surface area (Å²) >= 11 is 1.83. The molecule has 0 saturated heterocycles. The molecule has 33 heavy (non-hydrogen) atoms. The van der Waals surface area contributed by atoms with Crippen molar-refractivity contribution in [2.45, 2.75) is 63.3 Å². The van der Waals surface area contributed by atoms with Crippen molar-refractivity contribution in [3.05, 3.63) is 59.0 Å². The van der Waals surface area contributed by atoms with Crippen molar-refractivity contribution in [3.8, 4) is 11.3 Å². The Morgan fingerprint density at radius 1 is 1.15 bits per heavy atom. The van der Waals surface area contributed by atoms with Crippen molar-refractivity contribution < 1.29 is 4.79 Å². The molecule has 1 aliphatic heterocycles. The Balaban J connectivity index is 1.39. The summed E-state index contributed by atoms with van der Waals surface area (Å²) in [5, 5.41) is 10.6. The number of carbonyl (C=O) groups excluding carboxylic acids is 1. The van der Waals surface area contributed by atoms with Crippen LogP contribution in [0.1, 0.15) is 55.3 Å². The average molecular weight is 462 g/mol. The third kappa shape index (κ3) is 4.03. The van der Waals surface area contributed by atoms with Crippen LogP contribution in [-0.2, 0) is 12.0 Å². The number of hydrogen-bond donors (Lipinski definition) is 2. The summed E-state index contributed by atoms with van der Waals surface area (Å²) in [6.07, 6.45) is 4.54. The van der Waals surface area contributed by atoms with Crippen molar-refractivity contribution in [1.82, 2.24) is 20.5 Å². The van der Waals surface area contributed by atoms with E-state index in [-0.39, 0.29) is 11.4 Å². The van der Waals surface area contributed by atoms with E-state index in [2.05, 4.69) is 52.8 Å². The molecular formula is C26H31N5OS. The van der Waals surface area contributed by atoms with Crippen molar-refractivity contribution in [2.24, 2.45) is 0 Å². The molecule has 7 heteroatoms. The number of rotatable bonds is 5. The highest BCUT2D eigenvalue weighted by Crippen LogP contribution is 2.50. The highest BCUT2D eigenvalue weighted by atomic mass is 32.2. The van der Waals surface area contributed by atoms with Gasteiger partial charge in [0.15, 0.2) is 0 Å². The van der Waals surface area contributed by atoms with E-state index in [9.17, 15) is 4.79 Å². The van der Waals surface area contributed by atoms with E-state index in [0.717, 1.165) is 58.2 Å². The Labute approximate surface area is 199 Å². The summed E-state index contributed by atoms with van der Waals surface area (Å²) in [6, 6.07) is 12.5. The topological polar surface area (TPSA) is 73.9 Å². The van der Waals surface area contributed by atoms with Crippen LogP contribution in [0.5, 0.6) is 0 Å². The van der Waals surface area contributed by atoms with Crippen molar-refractivity contribution >= 4 is 23.5 Å². The normalized spacial score (nSPS) is 16.4. The first-order valence-corrected chi connectivity index (χ1v) is 12.8. The zero-order valence-electron chi connectivity index (χ0n) is 19.6. The Morgan fingerprint density at radius 3 is 2.58 bits per heavy atom. The van der Waals surface area contributed by atoms with Gasteiger partial charge in [0, 0.05) is 34.7 Å². The van der Waals surface area contributed by atoms with Gasteiger partial charge in [-0.1, -0.05) is 31.9 Å². The number of nitrogens with zero attached hydrogens (tertiary/aromatic N) is 3. The molecule has 2 aromatic heterocycles. The summed E-state index contributed by atoms with van der Waals surface area (Å²) in [4.78, 5) is 21.6.